The Morgan fingerprint density at radius 1 is 1.11 bits per heavy atom. The summed E-state index contributed by atoms with van der Waals surface area (Å²) >= 11 is 0. The zero-order chi connectivity index (χ0) is 19.4. The number of hydrogen-bond donors (Lipinski definition) is 2. The van der Waals surface area contributed by atoms with E-state index in [2.05, 4.69) is 16.4 Å². The Bertz CT molecular complexity index is 935. The molecule has 27 heavy (non-hydrogen) atoms. The van der Waals surface area contributed by atoms with Crippen molar-refractivity contribution in [1.82, 2.24) is 4.31 Å². The number of aliphatic imine (C=N–C) groups is 1. The molecule has 0 heterocycles. The molecule has 0 saturated carbocycles. The van der Waals surface area contributed by atoms with Crippen LogP contribution in [0, 0.1) is 0 Å². The van der Waals surface area contributed by atoms with E-state index in [9.17, 15) is 8.42 Å². The average molecular weight is 387 g/mol. The van der Waals surface area contributed by atoms with E-state index in [-0.39, 0.29) is 4.90 Å². The topological polar surface area (TPSA) is 87.8 Å². The fraction of sp³-hybridized carbons (Fsp3) is 0.350. The number of sulfonamides is 1. The second-order valence-corrected chi connectivity index (χ2v) is 9.06. The van der Waals surface area contributed by atoms with Gasteiger partial charge in [0.05, 0.1) is 11.4 Å². The molecular weight excluding hydrogens is 360 g/mol. The molecule has 1 aliphatic carbocycles. The van der Waals surface area contributed by atoms with Crippen molar-refractivity contribution in [2.75, 3.05) is 19.4 Å². The van der Waals surface area contributed by atoms with Crippen LogP contribution in [0.15, 0.2) is 52.4 Å². The van der Waals surface area contributed by atoms with Crippen LogP contribution in [0.5, 0.6) is 0 Å². The van der Waals surface area contributed by atoms with Crippen molar-refractivity contribution < 1.29 is 8.42 Å². The second kappa shape index (κ2) is 8.10. The minimum Gasteiger partial charge on any atom is -0.370 e. The predicted octanol–water partition coefficient (Wildman–Crippen LogP) is 2.74. The van der Waals surface area contributed by atoms with Crippen molar-refractivity contribution in [3.8, 4) is 0 Å². The largest absolute Gasteiger partial charge is 0.370 e. The lowest BCUT2D eigenvalue weighted by Crippen LogP contribution is -2.24. The maximum atomic E-state index is 12.1. The highest BCUT2D eigenvalue weighted by molar-refractivity contribution is 7.89. The summed E-state index contributed by atoms with van der Waals surface area (Å²) in [6.45, 7) is 0.385. The standard InChI is InChI=1S/C20H26N4O2S/c1-24(2)27(25,26)17-12-10-15(11-13-17)14-22-20(21)23-19-9-5-7-16-6-3-4-8-18(16)19/h5,7,9-13H,3-4,6,8,14H2,1-2H3,(H3,21,22,23). The maximum absolute atomic E-state index is 12.1. The number of rotatable bonds is 5. The molecule has 0 saturated heterocycles. The van der Waals surface area contributed by atoms with E-state index in [1.165, 1.54) is 42.4 Å². The van der Waals surface area contributed by atoms with Gasteiger partial charge in [0.15, 0.2) is 5.96 Å². The van der Waals surface area contributed by atoms with Crippen LogP contribution in [0.4, 0.5) is 5.69 Å². The van der Waals surface area contributed by atoms with Gasteiger partial charge in [-0.25, -0.2) is 17.7 Å². The van der Waals surface area contributed by atoms with Crippen LogP contribution in [-0.4, -0.2) is 32.8 Å². The molecule has 0 radical (unpaired) electrons. The van der Waals surface area contributed by atoms with Crippen molar-refractivity contribution in [3.05, 3.63) is 59.2 Å². The molecule has 144 valence electrons. The normalized spacial score (nSPS) is 14.9. The van der Waals surface area contributed by atoms with Gasteiger partial charge < -0.3 is 11.1 Å². The lowest BCUT2D eigenvalue weighted by atomic mass is 9.90. The Morgan fingerprint density at radius 3 is 2.52 bits per heavy atom. The Labute approximate surface area is 161 Å². The molecule has 6 nitrogen and oxygen atoms in total. The van der Waals surface area contributed by atoms with Gasteiger partial charge in [-0.15, -0.1) is 0 Å². The third-order valence-corrected chi connectivity index (χ3v) is 6.62. The first-order valence-electron chi connectivity index (χ1n) is 9.07. The first-order valence-corrected chi connectivity index (χ1v) is 10.5. The molecule has 2 aromatic rings. The number of aryl methyl sites for hydroxylation is 1. The predicted molar refractivity (Wildman–Crippen MR) is 109 cm³/mol. The fourth-order valence-electron chi connectivity index (χ4n) is 3.23. The molecule has 2 aromatic carbocycles. The Kier molecular flexibility index (Phi) is 5.82. The lowest BCUT2D eigenvalue weighted by molar-refractivity contribution is 0.520. The van der Waals surface area contributed by atoms with Gasteiger partial charge >= 0.3 is 0 Å². The summed E-state index contributed by atoms with van der Waals surface area (Å²) in [5, 5.41) is 3.22. The highest BCUT2D eigenvalue weighted by Crippen LogP contribution is 2.27. The van der Waals surface area contributed by atoms with Gasteiger partial charge in [-0.1, -0.05) is 24.3 Å². The highest BCUT2D eigenvalue weighted by Gasteiger charge is 2.16. The zero-order valence-corrected chi connectivity index (χ0v) is 16.6. The lowest BCUT2D eigenvalue weighted by Gasteiger charge is -2.19. The third-order valence-electron chi connectivity index (χ3n) is 4.79. The van der Waals surface area contributed by atoms with Gasteiger partial charge in [-0.2, -0.15) is 0 Å². The van der Waals surface area contributed by atoms with Crippen molar-refractivity contribution in [2.24, 2.45) is 10.7 Å². The molecule has 0 aliphatic heterocycles. The van der Waals surface area contributed by atoms with Gasteiger partial charge in [0.2, 0.25) is 10.0 Å². The highest BCUT2D eigenvalue weighted by atomic mass is 32.2. The molecule has 0 spiro atoms. The average Bonchev–Trinajstić information content (AvgIpc) is 2.67. The van der Waals surface area contributed by atoms with Crippen LogP contribution >= 0.6 is 0 Å². The summed E-state index contributed by atoms with van der Waals surface area (Å²) in [7, 11) is -0.382. The van der Waals surface area contributed by atoms with Crippen LogP contribution in [0.3, 0.4) is 0 Å². The smallest absolute Gasteiger partial charge is 0.242 e. The first-order chi connectivity index (χ1) is 12.9. The van der Waals surface area contributed by atoms with Crippen LogP contribution < -0.4 is 11.1 Å². The van der Waals surface area contributed by atoms with Crippen LogP contribution in [0.25, 0.3) is 0 Å². The molecule has 0 bridgehead atoms. The Balaban J connectivity index is 1.68. The Hall–Kier alpha value is -2.38. The summed E-state index contributed by atoms with van der Waals surface area (Å²) in [6, 6.07) is 13.0. The van der Waals surface area contributed by atoms with Crippen molar-refractivity contribution in [3.63, 3.8) is 0 Å². The van der Waals surface area contributed by atoms with Crippen LogP contribution in [-0.2, 0) is 29.4 Å². The zero-order valence-electron chi connectivity index (χ0n) is 15.8. The molecule has 0 unspecified atom stereocenters. The molecule has 0 fully saturated rings. The second-order valence-electron chi connectivity index (χ2n) is 6.91. The molecule has 0 atom stereocenters. The van der Waals surface area contributed by atoms with E-state index in [0.717, 1.165) is 24.1 Å². The third kappa shape index (κ3) is 4.48. The fourth-order valence-corrected chi connectivity index (χ4v) is 4.13. The summed E-state index contributed by atoms with van der Waals surface area (Å²) in [6.07, 6.45) is 4.61. The van der Waals surface area contributed by atoms with Crippen LogP contribution in [0.2, 0.25) is 0 Å². The van der Waals surface area contributed by atoms with Gasteiger partial charge in [-0.3, -0.25) is 0 Å². The summed E-state index contributed by atoms with van der Waals surface area (Å²) in [5.41, 5.74) is 10.7. The molecule has 0 amide bonds. The summed E-state index contributed by atoms with van der Waals surface area (Å²) in [4.78, 5) is 4.65. The number of benzene rings is 2. The minimum atomic E-state index is -3.41. The van der Waals surface area contributed by atoms with Crippen LogP contribution in [0.1, 0.15) is 29.5 Å². The number of nitrogens with one attached hydrogen (secondary N) is 1. The first kappa shape index (κ1) is 19.4. The molecular formula is C20H26N4O2S. The van der Waals surface area contributed by atoms with Crippen molar-refractivity contribution >= 4 is 21.7 Å². The molecule has 0 aromatic heterocycles. The van der Waals surface area contributed by atoms with E-state index in [1.807, 2.05) is 12.1 Å². The van der Waals surface area contributed by atoms with E-state index >= 15 is 0 Å². The SMILES string of the molecule is CN(C)S(=O)(=O)c1ccc(CN=C(N)Nc2cccc3c2CCCC3)cc1. The van der Waals surface area contributed by atoms with E-state index in [0.29, 0.717) is 12.5 Å². The number of fused-ring (bicyclic) bond motifs is 1. The van der Waals surface area contributed by atoms with Gasteiger partial charge in [0.25, 0.3) is 0 Å². The molecule has 3 rings (SSSR count). The monoisotopic (exact) mass is 386 g/mol. The number of nitrogens with two attached hydrogens (primary N) is 1. The molecule has 7 heteroatoms. The molecule has 1 aliphatic rings. The number of nitrogens with zero attached hydrogens (tertiary/aromatic N) is 2. The van der Waals surface area contributed by atoms with Gasteiger partial charge in [0.1, 0.15) is 0 Å². The summed E-state index contributed by atoms with van der Waals surface area (Å²) < 4.78 is 25.4. The number of guanidine groups is 1. The quantitative estimate of drug-likeness (QED) is 0.611. The van der Waals surface area contributed by atoms with Crippen molar-refractivity contribution in [1.29, 1.82) is 0 Å². The van der Waals surface area contributed by atoms with E-state index in [1.54, 1.807) is 24.3 Å². The van der Waals surface area contributed by atoms with Gasteiger partial charge in [-0.05, 0) is 60.6 Å². The summed E-state index contributed by atoms with van der Waals surface area (Å²) in [5.74, 6) is 0.360. The maximum Gasteiger partial charge on any atom is 0.242 e. The Morgan fingerprint density at radius 2 is 1.81 bits per heavy atom. The van der Waals surface area contributed by atoms with E-state index in [4.69, 9.17) is 5.73 Å². The molecule has 3 N–H and O–H groups in total. The van der Waals surface area contributed by atoms with Gasteiger partial charge in [0, 0.05) is 19.8 Å². The number of anilines is 1. The van der Waals surface area contributed by atoms with E-state index < -0.39 is 10.0 Å². The minimum absolute atomic E-state index is 0.266. The van der Waals surface area contributed by atoms with Crippen molar-refractivity contribution in [2.45, 2.75) is 37.1 Å². The number of hydrogen-bond acceptors (Lipinski definition) is 3.